The second-order valence-electron chi connectivity index (χ2n) is 3.64. The highest BCUT2D eigenvalue weighted by atomic mass is 35.5. The van der Waals surface area contributed by atoms with Gasteiger partial charge >= 0.3 is 12.0 Å². The predicted molar refractivity (Wildman–Crippen MR) is 68.9 cm³/mol. The zero-order chi connectivity index (χ0) is 13.7. The summed E-state index contributed by atoms with van der Waals surface area (Å²) in [6.07, 6.45) is 0. The molecule has 1 unspecified atom stereocenters. The summed E-state index contributed by atoms with van der Waals surface area (Å²) in [7, 11) is 0. The molecule has 1 aromatic carbocycles. The highest BCUT2D eigenvalue weighted by molar-refractivity contribution is 6.42. The Morgan fingerprint density at radius 1 is 1.33 bits per heavy atom. The molecule has 0 aliphatic rings. The fourth-order valence-electron chi connectivity index (χ4n) is 1.14. The van der Waals surface area contributed by atoms with Crippen molar-refractivity contribution in [1.29, 1.82) is 0 Å². The molecule has 1 atom stereocenters. The monoisotopic (exact) mass is 290 g/mol. The molecule has 1 rings (SSSR count). The maximum Gasteiger partial charge on any atom is 0.325 e. The Labute approximate surface area is 114 Å². The molecular formula is C11H12Cl2N2O3. The van der Waals surface area contributed by atoms with E-state index in [4.69, 9.17) is 28.3 Å². The number of carbonyl (C=O) groups excluding carboxylic acids is 1. The van der Waals surface area contributed by atoms with Crippen LogP contribution in [0.5, 0.6) is 0 Å². The summed E-state index contributed by atoms with van der Waals surface area (Å²) in [6.45, 7) is 1.61. The first-order valence-corrected chi connectivity index (χ1v) is 5.87. The molecule has 0 radical (unpaired) electrons. The van der Waals surface area contributed by atoms with Crippen molar-refractivity contribution in [2.75, 3.05) is 0 Å². The van der Waals surface area contributed by atoms with Crippen LogP contribution in [-0.2, 0) is 11.3 Å². The van der Waals surface area contributed by atoms with Crippen molar-refractivity contribution in [2.24, 2.45) is 0 Å². The second kappa shape index (κ2) is 6.47. The van der Waals surface area contributed by atoms with Crippen molar-refractivity contribution >= 4 is 35.2 Å². The molecule has 0 aliphatic heterocycles. The van der Waals surface area contributed by atoms with E-state index in [-0.39, 0.29) is 6.54 Å². The van der Waals surface area contributed by atoms with Gasteiger partial charge in [0.25, 0.3) is 0 Å². The van der Waals surface area contributed by atoms with Crippen molar-refractivity contribution in [3.05, 3.63) is 33.8 Å². The average Bonchev–Trinajstić information content (AvgIpc) is 2.30. The van der Waals surface area contributed by atoms with Crippen LogP contribution in [0.25, 0.3) is 0 Å². The minimum Gasteiger partial charge on any atom is -0.480 e. The summed E-state index contributed by atoms with van der Waals surface area (Å²) in [6, 6.07) is 3.47. The first-order chi connectivity index (χ1) is 8.40. The van der Waals surface area contributed by atoms with Gasteiger partial charge in [-0.2, -0.15) is 0 Å². The molecule has 98 valence electrons. The van der Waals surface area contributed by atoms with Crippen molar-refractivity contribution in [1.82, 2.24) is 10.6 Å². The number of carboxylic acids is 1. The van der Waals surface area contributed by atoms with Crippen LogP contribution in [0.4, 0.5) is 4.79 Å². The van der Waals surface area contributed by atoms with Crippen LogP contribution < -0.4 is 10.6 Å². The Bertz CT molecular complexity index is 466. The normalized spacial score (nSPS) is 11.7. The van der Waals surface area contributed by atoms with Crippen LogP contribution in [-0.4, -0.2) is 23.1 Å². The van der Waals surface area contributed by atoms with Crippen LogP contribution >= 0.6 is 23.2 Å². The Kier molecular flexibility index (Phi) is 5.25. The number of carboxylic acid groups (broad SMARTS) is 1. The molecule has 0 aromatic heterocycles. The van der Waals surface area contributed by atoms with Crippen LogP contribution in [0.15, 0.2) is 18.2 Å². The second-order valence-corrected chi connectivity index (χ2v) is 4.45. The van der Waals surface area contributed by atoms with E-state index in [1.54, 1.807) is 18.2 Å². The van der Waals surface area contributed by atoms with E-state index in [0.717, 1.165) is 5.56 Å². The topological polar surface area (TPSA) is 78.4 Å². The Morgan fingerprint density at radius 2 is 2.00 bits per heavy atom. The van der Waals surface area contributed by atoms with E-state index in [0.29, 0.717) is 10.0 Å². The summed E-state index contributed by atoms with van der Waals surface area (Å²) in [4.78, 5) is 21.9. The lowest BCUT2D eigenvalue weighted by Gasteiger charge is -2.11. The summed E-state index contributed by atoms with van der Waals surface area (Å²) in [5, 5.41) is 14.2. The predicted octanol–water partition coefficient (Wildman–Crippen LogP) is 2.27. The molecule has 0 bridgehead atoms. The number of halogens is 2. The molecule has 18 heavy (non-hydrogen) atoms. The van der Waals surface area contributed by atoms with Crippen LogP contribution in [0.1, 0.15) is 12.5 Å². The number of benzene rings is 1. The fraction of sp³-hybridized carbons (Fsp3) is 0.273. The van der Waals surface area contributed by atoms with Gasteiger partial charge in [-0.3, -0.25) is 4.79 Å². The van der Waals surface area contributed by atoms with Gasteiger partial charge in [-0.15, -0.1) is 0 Å². The summed E-state index contributed by atoms with van der Waals surface area (Å²) >= 11 is 11.6. The number of amides is 2. The van der Waals surface area contributed by atoms with Gasteiger partial charge in [0, 0.05) is 6.54 Å². The number of nitrogens with one attached hydrogen (secondary N) is 2. The highest BCUT2D eigenvalue weighted by Gasteiger charge is 2.13. The zero-order valence-corrected chi connectivity index (χ0v) is 11.0. The fourth-order valence-corrected chi connectivity index (χ4v) is 1.46. The zero-order valence-electron chi connectivity index (χ0n) is 9.54. The number of carbonyl (C=O) groups is 2. The maximum atomic E-state index is 11.3. The van der Waals surface area contributed by atoms with Crippen molar-refractivity contribution in [2.45, 2.75) is 19.5 Å². The van der Waals surface area contributed by atoms with Crippen LogP contribution in [0.3, 0.4) is 0 Å². The van der Waals surface area contributed by atoms with Crippen molar-refractivity contribution < 1.29 is 14.7 Å². The number of hydrogen-bond acceptors (Lipinski definition) is 2. The van der Waals surface area contributed by atoms with E-state index in [1.807, 2.05) is 0 Å². The third kappa shape index (κ3) is 4.43. The molecule has 1 aromatic rings. The SMILES string of the molecule is CC(NC(=O)NCc1ccc(Cl)c(Cl)c1)C(=O)O. The minimum absolute atomic E-state index is 0.231. The number of urea groups is 1. The van der Waals surface area contributed by atoms with Crippen LogP contribution in [0.2, 0.25) is 10.0 Å². The highest BCUT2D eigenvalue weighted by Crippen LogP contribution is 2.22. The summed E-state index contributed by atoms with van der Waals surface area (Å²) in [5.74, 6) is -1.10. The molecule has 0 aliphatic carbocycles. The maximum absolute atomic E-state index is 11.3. The van der Waals surface area contributed by atoms with E-state index >= 15 is 0 Å². The lowest BCUT2D eigenvalue weighted by molar-refractivity contribution is -0.138. The van der Waals surface area contributed by atoms with Gasteiger partial charge in [0.2, 0.25) is 0 Å². The minimum atomic E-state index is -1.10. The van der Waals surface area contributed by atoms with Gasteiger partial charge in [-0.05, 0) is 24.6 Å². The van der Waals surface area contributed by atoms with Gasteiger partial charge < -0.3 is 15.7 Å². The smallest absolute Gasteiger partial charge is 0.325 e. The van der Waals surface area contributed by atoms with Gasteiger partial charge in [0.1, 0.15) is 6.04 Å². The van der Waals surface area contributed by atoms with Gasteiger partial charge in [0.15, 0.2) is 0 Å². The molecule has 0 spiro atoms. The first kappa shape index (κ1) is 14.6. The third-order valence-electron chi connectivity index (χ3n) is 2.16. The van der Waals surface area contributed by atoms with Crippen molar-refractivity contribution in [3.8, 4) is 0 Å². The quantitative estimate of drug-likeness (QED) is 0.796. The Hall–Kier alpha value is -1.46. The van der Waals surface area contributed by atoms with E-state index in [2.05, 4.69) is 10.6 Å². The van der Waals surface area contributed by atoms with Gasteiger partial charge in [-0.25, -0.2) is 4.79 Å². The lowest BCUT2D eigenvalue weighted by Crippen LogP contribution is -2.44. The molecule has 7 heteroatoms. The average molecular weight is 291 g/mol. The Balaban J connectivity index is 2.47. The van der Waals surface area contributed by atoms with Crippen molar-refractivity contribution in [3.63, 3.8) is 0 Å². The largest absolute Gasteiger partial charge is 0.480 e. The number of aliphatic carboxylic acids is 1. The lowest BCUT2D eigenvalue weighted by atomic mass is 10.2. The number of rotatable bonds is 4. The van der Waals surface area contributed by atoms with E-state index < -0.39 is 18.0 Å². The number of hydrogen-bond donors (Lipinski definition) is 3. The molecule has 5 nitrogen and oxygen atoms in total. The molecular weight excluding hydrogens is 279 g/mol. The molecule has 3 N–H and O–H groups in total. The molecule has 0 saturated carbocycles. The molecule has 0 heterocycles. The standard InChI is InChI=1S/C11H12Cl2N2O3/c1-6(10(16)17)15-11(18)14-5-7-2-3-8(12)9(13)4-7/h2-4,6H,5H2,1H3,(H,16,17)(H2,14,15,18). The van der Waals surface area contributed by atoms with Gasteiger partial charge in [0.05, 0.1) is 10.0 Å². The molecule has 2 amide bonds. The first-order valence-electron chi connectivity index (χ1n) is 5.11. The van der Waals surface area contributed by atoms with Gasteiger partial charge in [-0.1, -0.05) is 29.3 Å². The van der Waals surface area contributed by atoms with E-state index in [1.165, 1.54) is 6.92 Å². The molecule has 0 fully saturated rings. The third-order valence-corrected chi connectivity index (χ3v) is 2.89. The Morgan fingerprint density at radius 3 is 2.56 bits per heavy atom. The van der Waals surface area contributed by atoms with Crippen LogP contribution in [0, 0.1) is 0 Å². The summed E-state index contributed by atoms with van der Waals surface area (Å²) in [5.41, 5.74) is 0.766. The summed E-state index contributed by atoms with van der Waals surface area (Å²) < 4.78 is 0. The van der Waals surface area contributed by atoms with E-state index in [9.17, 15) is 9.59 Å². The molecule has 0 saturated heterocycles.